The highest BCUT2D eigenvalue weighted by Crippen LogP contribution is 2.49. The van der Waals surface area contributed by atoms with Crippen molar-refractivity contribution in [3.05, 3.63) is 35.4 Å². The van der Waals surface area contributed by atoms with Gasteiger partial charge in [-0.15, -0.1) is 0 Å². The highest BCUT2D eigenvalue weighted by Gasteiger charge is 2.71. The van der Waals surface area contributed by atoms with Crippen LogP contribution < -0.4 is 5.32 Å². The van der Waals surface area contributed by atoms with Crippen LogP contribution in [0.2, 0.25) is 0 Å². The number of hydrogen-bond donors (Lipinski definition) is 2. The first-order chi connectivity index (χ1) is 11.1. The molecule has 0 radical (unpaired) electrons. The van der Waals surface area contributed by atoms with Crippen molar-refractivity contribution in [1.82, 2.24) is 5.32 Å². The van der Waals surface area contributed by atoms with Gasteiger partial charge in [-0.05, 0) is 26.3 Å². The molecule has 0 aliphatic carbocycles. The van der Waals surface area contributed by atoms with Gasteiger partial charge in [-0.1, -0.05) is 24.3 Å². The molecular formula is C15H17F6NO3. The maximum Gasteiger partial charge on any atom is 0.430 e. The molecule has 0 spiro atoms. The molecule has 1 aromatic carbocycles. The molecule has 0 atom stereocenters. The molecular weight excluding hydrogens is 356 g/mol. The zero-order valence-electron chi connectivity index (χ0n) is 13.5. The first-order valence-electron chi connectivity index (χ1n) is 7.00. The maximum absolute atomic E-state index is 12.8. The molecule has 0 aliphatic heterocycles. The van der Waals surface area contributed by atoms with Crippen molar-refractivity contribution in [2.24, 2.45) is 0 Å². The molecule has 1 amide bonds. The van der Waals surface area contributed by atoms with Crippen LogP contribution in [0.15, 0.2) is 24.3 Å². The van der Waals surface area contributed by atoms with Gasteiger partial charge in [0.2, 0.25) is 0 Å². The van der Waals surface area contributed by atoms with E-state index in [0.29, 0.717) is 12.1 Å². The Hall–Kier alpha value is -1.97. The summed E-state index contributed by atoms with van der Waals surface area (Å²) in [5.41, 5.74) is -6.88. The third-order valence-corrected chi connectivity index (χ3v) is 3.03. The minimum absolute atomic E-state index is 0.175. The third-order valence-electron chi connectivity index (χ3n) is 3.03. The number of alkyl halides is 6. The smallest absolute Gasteiger partial charge is 0.430 e. The number of nitrogens with one attached hydrogen (secondary N) is 1. The number of alkyl carbamates (subject to hydrolysis) is 1. The molecule has 0 saturated heterocycles. The summed E-state index contributed by atoms with van der Waals surface area (Å²) >= 11 is 0. The van der Waals surface area contributed by atoms with E-state index in [1.54, 1.807) is 20.8 Å². The monoisotopic (exact) mass is 373 g/mol. The fourth-order valence-electron chi connectivity index (χ4n) is 1.84. The molecule has 1 aromatic rings. The topological polar surface area (TPSA) is 58.6 Å². The lowest BCUT2D eigenvalue weighted by Gasteiger charge is -2.32. The molecule has 0 heterocycles. The molecule has 0 unspecified atom stereocenters. The van der Waals surface area contributed by atoms with Gasteiger partial charge in [0.05, 0.1) is 0 Å². The molecule has 2 N–H and O–H groups in total. The lowest BCUT2D eigenvalue weighted by Crippen LogP contribution is -2.53. The van der Waals surface area contributed by atoms with Crippen molar-refractivity contribution in [1.29, 1.82) is 0 Å². The zero-order chi connectivity index (χ0) is 19.7. The van der Waals surface area contributed by atoms with Crippen LogP contribution in [0.5, 0.6) is 0 Å². The summed E-state index contributed by atoms with van der Waals surface area (Å²) in [6, 6.07) is 2.89. The Morgan fingerprint density at radius 1 is 1.00 bits per heavy atom. The predicted octanol–water partition coefficient (Wildman–Crippen LogP) is 4.02. The van der Waals surface area contributed by atoms with Gasteiger partial charge in [0, 0.05) is 12.1 Å². The zero-order valence-corrected chi connectivity index (χ0v) is 13.5. The van der Waals surface area contributed by atoms with Crippen LogP contribution in [0.3, 0.4) is 0 Å². The third kappa shape index (κ3) is 5.00. The number of halogens is 6. The summed E-state index contributed by atoms with van der Waals surface area (Å²) in [4.78, 5) is 11.5. The molecule has 1 rings (SSSR count). The molecule has 25 heavy (non-hydrogen) atoms. The molecule has 0 saturated carbocycles. The quantitative estimate of drug-likeness (QED) is 0.787. The van der Waals surface area contributed by atoms with E-state index in [1.807, 2.05) is 0 Å². The second-order valence-corrected chi connectivity index (χ2v) is 6.26. The highest BCUT2D eigenvalue weighted by atomic mass is 19.4. The summed E-state index contributed by atoms with van der Waals surface area (Å²) in [5, 5.41) is 11.6. The summed E-state index contributed by atoms with van der Waals surface area (Å²) in [6.45, 7) is 4.69. The van der Waals surface area contributed by atoms with Crippen molar-refractivity contribution >= 4 is 6.09 Å². The lowest BCUT2D eigenvalue weighted by molar-refractivity contribution is -0.376. The molecule has 0 aliphatic rings. The Morgan fingerprint density at radius 3 is 1.80 bits per heavy atom. The van der Waals surface area contributed by atoms with E-state index >= 15 is 0 Å². The average molecular weight is 373 g/mol. The number of benzene rings is 1. The molecule has 4 nitrogen and oxygen atoms in total. The fourth-order valence-corrected chi connectivity index (χ4v) is 1.84. The lowest BCUT2D eigenvalue weighted by atomic mass is 9.91. The first-order valence-corrected chi connectivity index (χ1v) is 7.00. The van der Waals surface area contributed by atoms with Crippen molar-refractivity contribution in [3.63, 3.8) is 0 Å². The fraction of sp³-hybridized carbons (Fsp3) is 0.533. The van der Waals surface area contributed by atoms with Crippen LogP contribution in [-0.4, -0.2) is 29.2 Å². The Morgan fingerprint density at radius 2 is 1.44 bits per heavy atom. The van der Waals surface area contributed by atoms with Gasteiger partial charge >= 0.3 is 18.4 Å². The van der Waals surface area contributed by atoms with Crippen molar-refractivity contribution in [3.8, 4) is 0 Å². The van der Waals surface area contributed by atoms with Gasteiger partial charge in [-0.2, -0.15) is 26.3 Å². The van der Waals surface area contributed by atoms with E-state index in [-0.39, 0.29) is 12.1 Å². The van der Waals surface area contributed by atoms with Crippen LogP contribution in [0.4, 0.5) is 31.1 Å². The van der Waals surface area contributed by atoms with Crippen LogP contribution >= 0.6 is 0 Å². The number of hydrogen-bond acceptors (Lipinski definition) is 3. The normalized spacial score (nSPS) is 13.5. The van der Waals surface area contributed by atoms with Crippen LogP contribution in [0.25, 0.3) is 0 Å². The molecule has 0 fully saturated rings. The van der Waals surface area contributed by atoms with Crippen LogP contribution in [0.1, 0.15) is 31.9 Å². The standard InChI is InChI=1S/C15H17F6NO3/c1-12(2,3)25-11(23)22-8-9-4-6-10(7-5-9)13(24,14(16,17)18)15(19,20)21/h4-7,24H,8H2,1-3H3,(H,22,23). The van der Waals surface area contributed by atoms with Crippen LogP contribution in [0, 0.1) is 0 Å². The number of amides is 1. The summed E-state index contributed by atoms with van der Waals surface area (Å²) in [6.07, 6.45) is -12.7. The van der Waals surface area contributed by atoms with E-state index in [9.17, 15) is 36.2 Å². The first kappa shape index (κ1) is 21.1. The Balaban J connectivity index is 2.93. The minimum Gasteiger partial charge on any atom is -0.444 e. The average Bonchev–Trinajstić information content (AvgIpc) is 2.40. The molecule has 142 valence electrons. The second-order valence-electron chi connectivity index (χ2n) is 6.26. The van der Waals surface area contributed by atoms with E-state index in [1.165, 1.54) is 0 Å². The Kier molecular flexibility index (Phi) is 5.68. The summed E-state index contributed by atoms with van der Waals surface area (Å²) < 4.78 is 81.5. The van der Waals surface area contributed by atoms with Gasteiger partial charge in [0.1, 0.15) is 5.60 Å². The maximum atomic E-state index is 12.8. The van der Waals surface area contributed by atoms with Crippen molar-refractivity contribution in [2.45, 2.75) is 50.9 Å². The van der Waals surface area contributed by atoms with E-state index in [4.69, 9.17) is 4.74 Å². The summed E-state index contributed by atoms with van der Waals surface area (Å²) in [5.74, 6) is 0. The van der Waals surface area contributed by atoms with E-state index in [0.717, 1.165) is 12.1 Å². The van der Waals surface area contributed by atoms with Crippen LogP contribution in [-0.2, 0) is 16.9 Å². The number of carbonyl (C=O) groups is 1. The van der Waals surface area contributed by atoms with E-state index in [2.05, 4.69) is 5.32 Å². The highest BCUT2D eigenvalue weighted by molar-refractivity contribution is 5.67. The van der Waals surface area contributed by atoms with Gasteiger partial charge in [0.25, 0.3) is 5.60 Å². The van der Waals surface area contributed by atoms with Gasteiger partial charge in [-0.3, -0.25) is 0 Å². The Labute approximate surface area is 139 Å². The van der Waals surface area contributed by atoms with Gasteiger partial charge < -0.3 is 15.2 Å². The second kappa shape index (κ2) is 6.74. The number of ether oxygens (including phenoxy) is 1. The Bertz CT molecular complexity index is 588. The number of aliphatic hydroxyl groups is 1. The minimum atomic E-state index is -5.94. The predicted molar refractivity (Wildman–Crippen MR) is 75.5 cm³/mol. The van der Waals surface area contributed by atoms with Crippen molar-refractivity contribution < 1.29 is 41.0 Å². The molecule has 0 bridgehead atoms. The van der Waals surface area contributed by atoms with Gasteiger partial charge in [0.15, 0.2) is 0 Å². The van der Waals surface area contributed by atoms with Crippen molar-refractivity contribution in [2.75, 3.05) is 0 Å². The van der Waals surface area contributed by atoms with Gasteiger partial charge in [-0.25, -0.2) is 4.79 Å². The molecule has 10 heteroatoms. The SMILES string of the molecule is CC(C)(C)OC(=O)NCc1ccc(C(O)(C(F)(F)F)C(F)(F)F)cc1. The summed E-state index contributed by atoms with van der Waals surface area (Å²) in [7, 11) is 0. The molecule has 0 aromatic heterocycles. The number of rotatable bonds is 3. The largest absolute Gasteiger partial charge is 0.444 e. The number of carbonyl (C=O) groups excluding carboxylic acids is 1. The van der Waals surface area contributed by atoms with E-state index < -0.39 is 35.2 Å².